The number of hydrogen-bond acceptors (Lipinski definition) is 4. The molecule has 0 aromatic heterocycles. The smallest absolute Gasteiger partial charge is 0.261 e. The van der Waals surface area contributed by atoms with Crippen LogP contribution in [0.15, 0.2) is 18.2 Å². The Balaban J connectivity index is 2.33. The third-order valence-electron chi connectivity index (χ3n) is 5.09. The monoisotopic (exact) mass is 348 g/mol. The molecule has 0 spiro atoms. The van der Waals surface area contributed by atoms with E-state index >= 15 is 0 Å². The van der Waals surface area contributed by atoms with E-state index in [2.05, 4.69) is 0 Å². The molecule has 2 aliphatic rings. The van der Waals surface area contributed by atoms with Crippen LogP contribution in [0.3, 0.4) is 0 Å². The maximum atomic E-state index is 12.8. The molecule has 0 atom stereocenters. The Morgan fingerprint density at radius 3 is 1.85 bits per heavy atom. The summed E-state index contributed by atoms with van der Waals surface area (Å²) in [6, 6.07) is 3.27. The SMILES string of the molecule is C/C=C/c1cc2c3c(c(C)cc4c3c1C(=O)N(C)C4=O)C(=O)N(C)C2=O. The Morgan fingerprint density at radius 2 is 1.27 bits per heavy atom. The summed E-state index contributed by atoms with van der Waals surface area (Å²) in [6.45, 7) is 3.55. The minimum Gasteiger partial charge on any atom is -0.277 e. The molecule has 0 saturated carbocycles. The summed E-state index contributed by atoms with van der Waals surface area (Å²) in [4.78, 5) is 53.1. The van der Waals surface area contributed by atoms with E-state index in [0.29, 0.717) is 44.2 Å². The summed E-state index contributed by atoms with van der Waals surface area (Å²) in [6.07, 6.45) is 3.50. The van der Waals surface area contributed by atoms with Crippen LogP contribution in [-0.2, 0) is 0 Å². The molecule has 6 nitrogen and oxygen atoms in total. The number of allylic oxidation sites excluding steroid dienone is 1. The average molecular weight is 348 g/mol. The van der Waals surface area contributed by atoms with E-state index in [-0.39, 0.29) is 0 Å². The molecule has 26 heavy (non-hydrogen) atoms. The van der Waals surface area contributed by atoms with Gasteiger partial charge in [0.1, 0.15) is 0 Å². The zero-order valence-electron chi connectivity index (χ0n) is 14.8. The van der Waals surface area contributed by atoms with Gasteiger partial charge in [0.15, 0.2) is 0 Å². The zero-order valence-corrected chi connectivity index (χ0v) is 14.8. The van der Waals surface area contributed by atoms with Gasteiger partial charge >= 0.3 is 0 Å². The van der Waals surface area contributed by atoms with Gasteiger partial charge in [-0.1, -0.05) is 12.2 Å². The second-order valence-electron chi connectivity index (χ2n) is 6.59. The van der Waals surface area contributed by atoms with Gasteiger partial charge in [-0.2, -0.15) is 0 Å². The molecule has 0 saturated heterocycles. The van der Waals surface area contributed by atoms with Gasteiger partial charge in [-0.25, -0.2) is 0 Å². The van der Waals surface area contributed by atoms with Crippen LogP contribution >= 0.6 is 0 Å². The van der Waals surface area contributed by atoms with Gasteiger partial charge in [-0.15, -0.1) is 0 Å². The molecule has 0 fully saturated rings. The van der Waals surface area contributed by atoms with Gasteiger partial charge in [-0.3, -0.25) is 29.0 Å². The molecule has 2 aromatic rings. The number of nitrogens with zero attached hydrogens (tertiary/aromatic N) is 2. The number of carbonyl (C=O) groups excluding carboxylic acids is 4. The molecule has 4 amide bonds. The summed E-state index contributed by atoms with van der Waals surface area (Å²) in [5.74, 6) is -1.72. The molecule has 2 aromatic carbocycles. The van der Waals surface area contributed by atoms with E-state index in [1.54, 1.807) is 31.2 Å². The summed E-state index contributed by atoms with van der Waals surface area (Å²) < 4.78 is 0. The fraction of sp³-hybridized carbons (Fsp3) is 0.200. The third-order valence-corrected chi connectivity index (χ3v) is 5.09. The first kappa shape index (κ1) is 16.2. The van der Waals surface area contributed by atoms with Gasteiger partial charge in [0, 0.05) is 36.0 Å². The van der Waals surface area contributed by atoms with Crippen molar-refractivity contribution in [3.05, 3.63) is 51.6 Å². The van der Waals surface area contributed by atoms with E-state index in [9.17, 15) is 19.2 Å². The number of imide groups is 2. The van der Waals surface area contributed by atoms with Crippen LogP contribution in [0.5, 0.6) is 0 Å². The number of aryl methyl sites for hydroxylation is 1. The van der Waals surface area contributed by atoms with Crippen molar-refractivity contribution in [1.82, 2.24) is 9.80 Å². The Labute approximate surface area is 149 Å². The molecular weight excluding hydrogens is 332 g/mol. The highest BCUT2D eigenvalue weighted by atomic mass is 16.2. The second-order valence-corrected chi connectivity index (χ2v) is 6.59. The highest BCUT2D eigenvalue weighted by Gasteiger charge is 2.39. The lowest BCUT2D eigenvalue weighted by Gasteiger charge is -2.31. The summed E-state index contributed by atoms with van der Waals surface area (Å²) in [5.41, 5.74) is 2.58. The van der Waals surface area contributed by atoms with Crippen LogP contribution in [0.25, 0.3) is 16.8 Å². The summed E-state index contributed by atoms with van der Waals surface area (Å²) in [7, 11) is 2.87. The fourth-order valence-corrected chi connectivity index (χ4v) is 3.83. The second kappa shape index (κ2) is 5.11. The van der Waals surface area contributed by atoms with Gasteiger partial charge in [0.25, 0.3) is 23.6 Å². The maximum absolute atomic E-state index is 12.8. The topological polar surface area (TPSA) is 74.8 Å². The number of amides is 4. The van der Waals surface area contributed by atoms with E-state index in [0.717, 1.165) is 9.80 Å². The Bertz CT molecular complexity index is 1110. The van der Waals surface area contributed by atoms with Crippen molar-refractivity contribution in [1.29, 1.82) is 0 Å². The van der Waals surface area contributed by atoms with Crippen LogP contribution in [-0.4, -0.2) is 47.5 Å². The maximum Gasteiger partial charge on any atom is 0.261 e. The molecule has 2 aliphatic heterocycles. The minimum absolute atomic E-state index is 0.337. The van der Waals surface area contributed by atoms with E-state index < -0.39 is 23.6 Å². The van der Waals surface area contributed by atoms with Crippen molar-refractivity contribution in [3.8, 4) is 0 Å². The molecule has 0 N–H and O–H groups in total. The number of benzene rings is 2. The van der Waals surface area contributed by atoms with Crippen molar-refractivity contribution in [2.45, 2.75) is 13.8 Å². The number of hydrogen-bond donors (Lipinski definition) is 0. The van der Waals surface area contributed by atoms with Gasteiger partial charge < -0.3 is 0 Å². The fourth-order valence-electron chi connectivity index (χ4n) is 3.83. The normalized spacial score (nSPS) is 16.5. The first-order chi connectivity index (χ1) is 12.3. The predicted molar refractivity (Wildman–Crippen MR) is 96.2 cm³/mol. The van der Waals surface area contributed by atoms with E-state index in [1.165, 1.54) is 14.1 Å². The average Bonchev–Trinajstić information content (AvgIpc) is 2.61. The van der Waals surface area contributed by atoms with Crippen molar-refractivity contribution < 1.29 is 19.2 Å². The van der Waals surface area contributed by atoms with E-state index in [1.807, 2.05) is 6.92 Å². The first-order valence-corrected chi connectivity index (χ1v) is 8.21. The van der Waals surface area contributed by atoms with Gasteiger partial charge in [0.05, 0.1) is 11.1 Å². The zero-order chi connectivity index (χ0) is 18.9. The lowest BCUT2D eigenvalue weighted by atomic mass is 9.81. The molecule has 130 valence electrons. The van der Waals surface area contributed by atoms with Gasteiger partial charge in [0.2, 0.25) is 0 Å². The van der Waals surface area contributed by atoms with Crippen LogP contribution in [0.1, 0.15) is 59.5 Å². The highest BCUT2D eigenvalue weighted by Crippen LogP contribution is 2.40. The minimum atomic E-state index is -0.435. The van der Waals surface area contributed by atoms with Crippen LogP contribution in [0.4, 0.5) is 0 Å². The molecular formula is C20H16N2O4. The Kier molecular flexibility index (Phi) is 3.18. The highest BCUT2D eigenvalue weighted by molar-refractivity contribution is 6.34. The number of carbonyl (C=O) groups is 4. The van der Waals surface area contributed by atoms with Crippen molar-refractivity contribution in [2.24, 2.45) is 0 Å². The Morgan fingerprint density at radius 1 is 0.769 bits per heavy atom. The van der Waals surface area contributed by atoms with Crippen molar-refractivity contribution in [3.63, 3.8) is 0 Å². The predicted octanol–water partition coefficient (Wildman–Crippen LogP) is 2.63. The lowest BCUT2D eigenvalue weighted by Crippen LogP contribution is -2.41. The van der Waals surface area contributed by atoms with Gasteiger partial charge in [-0.05, 0) is 37.1 Å². The van der Waals surface area contributed by atoms with E-state index in [4.69, 9.17) is 0 Å². The molecule has 0 unspecified atom stereocenters. The Hall–Kier alpha value is -3.28. The lowest BCUT2D eigenvalue weighted by molar-refractivity contribution is 0.0629. The third kappa shape index (κ3) is 1.76. The standard InChI is InChI=1S/C20H16N2O4/c1-5-6-10-8-12-15-13(19(25)21(3)18(12)24)9(2)7-11-16(15)14(10)20(26)22(4)17(11)23/h5-8H,1-4H3/b6-5+. The largest absolute Gasteiger partial charge is 0.277 e. The molecule has 2 heterocycles. The first-order valence-electron chi connectivity index (χ1n) is 8.21. The molecule has 6 heteroatoms. The summed E-state index contributed by atoms with van der Waals surface area (Å²) in [5, 5.41) is 0.810. The van der Waals surface area contributed by atoms with Crippen molar-refractivity contribution in [2.75, 3.05) is 14.1 Å². The van der Waals surface area contributed by atoms with Crippen LogP contribution in [0, 0.1) is 6.92 Å². The number of rotatable bonds is 1. The quantitative estimate of drug-likeness (QED) is 0.743. The molecule has 0 radical (unpaired) electrons. The summed E-state index contributed by atoms with van der Waals surface area (Å²) >= 11 is 0. The molecule has 4 rings (SSSR count). The molecule has 0 aliphatic carbocycles. The van der Waals surface area contributed by atoms with Crippen LogP contribution in [0.2, 0.25) is 0 Å². The molecule has 0 bridgehead atoms. The van der Waals surface area contributed by atoms with Crippen molar-refractivity contribution >= 4 is 40.5 Å². The van der Waals surface area contributed by atoms with Crippen LogP contribution < -0.4 is 0 Å².